The standard InChI is InChI=1S/C15H19FN2O2S/c1-11-17-7-15(21-11)9-18(2)8-13(19)10-20-14-5-3-12(16)4-6-14/h3-7,13,19H,8-10H2,1-2H3. The van der Waals surface area contributed by atoms with E-state index in [1.54, 1.807) is 23.5 Å². The zero-order valence-corrected chi connectivity index (χ0v) is 12.9. The summed E-state index contributed by atoms with van der Waals surface area (Å²) < 4.78 is 18.2. The molecule has 1 aromatic carbocycles. The summed E-state index contributed by atoms with van der Waals surface area (Å²) >= 11 is 1.65. The third kappa shape index (κ3) is 5.41. The van der Waals surface area contributed by atoms with Gasteiger partial charge in [-0.3, -0.25) is 4.90 Å². The first-order valence-corrected chi connectivity index (χ1v) is 7.51. The molecule has 114 valence electrons. The highest BCUT2D eigenvalue weighted by molar-refractivity contribution is 7.11. The van der Waals surface area contributed by atoms with Crippen LogP contribution in [0.4, 0.5) is 4.39 Å². The van der Waals surface area contributed by atoms with Gasteiger partial charge in [-0.25, -0.2) is 9.37 Å². The van der Waals surface area contributed by atoms with Crippen molar-refractivity contribution in [1.29, 1.82) is 0 Å². The van der Waals surface area contributed by atoms with Crippen LogP contribution in [0.2, 0.25) is 0 Å². The molecule has 1 heterocycles. The van der Waals surface area contributed by atoms with Crippen LogP contribution in [0, 0.1) is 12.7 Å². The lowest BCUT2D eigenvalue weighted by molar-refractivity contribution is 0.0746. The van der Waals surface area contributed by atoms with Crippen LogP contribution in [-0.2, 0) is 6.54 Å². The van der Waals surface area contributed by atoms with E-state index in [9.17, 15) is 9.50 Å². The molecule has 0 saturated heterocycles. The van der Waals surface area contributed by atoms with Crippen molar-refractivity contribution >= 4 is 11.3 Å². The van der Waals surface area contributed by atoms with E-state index in [1.165, 1.54) is 17.0 Å². The Bertz CT molecular complexity index is 559. The van der Waals surface area contributed by atoms with Crippen molar-refractivity contribution in [2.45, 2.75) is 19.6 Å². The molecule has 1 aromatic heterocycles. The number of nitrogens with zero attached hydrogens (tertiary/aromatic N) is 2. The van der Waals surface area contributed by atoms with E-state index >= 15 is 0 Å². The molecule has 0 aliphatic carbocycles. The maximum absolute atomic E-state index is 12.8. The van der Waals surface area contributed by atoms with Gasteiger partial charge >= 0.3 is 0 Å². The molecule has 0 bridgehead atoms. The van der Waals surface area contributed by atoms with Crippen molar-refractivity contribution in [2.24, 2.45) is 0 Å². The number of rotatable bonds is 7. The topological polar surface area (TPSA) is 45.6 Å². The quantitative estimate of drug-likeness (QED) is 0.853. The van der Waals surface area contributed by atoms with Crippen molar-refractivity contribution < 1.29 is 14.2 Å². The number of likely N-dealkylation sites (N-methyl/N-ethyl adjacent to an activating group) is 1. The van der Waals surface area contributed by atoms with Crippen LogP contribution in [-0.4, -0.2) is 41.3 Å². The number of hydrogen-bond acceptors (Lipinski definition) is 5. The second-order valence-corrected chi connectivity index (χ2v) is 6.28. The number of aryl methyl sites for hydroxylation is 1. The predicted octanol–water partition coefficient (Wildman–Crippen LogP) is 2.46. The molecule has 0 fully saturated rings. The van der Waals surface area contributed by atoms with Gasteiger partial charge in [0.15, 0.2) is 0 Å². The molecule has 1 N–H and O–H groups in total. The maximum Gasteiger partial charge on any atom is 0.123 e. The number of benzene rings is 1. The molecule has 6 heteroatoms. The van der Waals surface area contributed by atoms with E-state index in [4.69, 9.17) is 4.74 Å². The summed E-state index contributed by atoms with van der Waals surface area (Å²) in [6.07, 6.45) is 1.26. The number of thiazole rings is 1. The first-order chi connectivity index (χ1) is 10.0. The number of aromatic nitrogens is 1. The maximum atomic E-state index is 12.8. The highest BCUT2D eigenvalue weighted by Gasteiger charge is 2.11. The number of halogens is 1. The van der Waals surface area contributed by atoms with Crippen LogP contribution < -0.4 is 4.74 Å². The summed E-state index contributed by atoms with van der Waals surface area (Å²) in [5, 5.41) is 11.0. The van der Waals surface area contributed by atoms with Gasteiger partial charge in [0, 0.05) is 24.2 Å². The SMILES string of the molecule is Cc1ncc(CN(C)CC(O)COc2ccc(F)cc2)s1. The van der Waals surface area contributed by atoms with Crippen LogP contribution in [0.25, 0.3) is 0 Å². The van der Waals surface area contributed by atoms with Gasteiger partial charge in [0.05, 0.1) is 5.01 Å². The molecule has 4 nitrogen and oxygen atoms in total. The number of ether oxygens (including phenoxy) is 1. The first-order valence-electron chi connectivity index (χ1n) is 6.69. The van der Waals surface area contributed by atoms with Crippen LogP contribution in [0.15, 0.2) is 30.5 Å². The van der Waals surface area contributed by atoms with E-state index in [2.05, 4.69) is 4.98 Å². The summed E-state index contributed by atoms with van der Waals surface area (Å²) in [6.45, 7) is 3.40. The van der Waals surface area contributed by atoms with Gasteiger partial charge in [0.1, 0.15) is 24.3 Å². The molecule has 0 radical (unpaired) electrons. The van der Waals surface area contributed by atoms with E-state index in [0.29, 0.717) is 12.3 Å². The van der Waals surface area contributed by atoms with Gasteiger partial charge in [-0.15, -0.1) is 11.3 Å². The van der Waals surface area contributed by atoms with Crippen molar-refractivity contribution in [3.63, 3.8) is 0 Å². The minimum absolute atomic E-state index is 0.178. The molecule has 0 spiro atoms. The van der Waals surface area contributed by atoms with Crippen molar-refractivity contribution in [3.05, 3.63) is 46.2 Å². The lowest BCUT2D eigenvalue weighted by Gasteiger charge is -2.20. The Morgan fingerprint density at radius 1 is 1.38 bits per heavy atom. The number of aliphatic hydroxyl groups excluding tert-OH is 1. The number of aliphatic hydroxyl groups is 1. The predicted molar refractivity (Wildman–Crippen MR) is 81.1 cm³/mol. The highest BCUT2D eigenvalue weighted by atomic mass is 32.1. The van der Waals surface area contributed by atoms with Crippen LogP contribution in [0.5, 0.6) is 5.75 Å². The van der Waals surface area contributed by atoms with Crippen molar-refractivity contribution in [1.82, 2.24) is 9.88 Å². The normalized spacial score (nSPS) is 12.6. The largest absolute Gasteiger partial charge is 0.491 e. The Labute approximate surface area is 127 Å². The fourth-order valence-electron chi connectivity index (χ4n) is 1.94. The van der Waals surface area contributed by atoms with Gasteiger partial charge in [-0.1, -0.05) is 0 Å². The molecule has 0 amide bonds. The fourth-order valence-corrected chi connectivity index (χ4v) is 2.82. The molecule has 1 atom stereocenters. The van der Waals surface area contributed by atoms with Gasteiger partial charge in [0.2, 0.25) is 0 Å². The molecule has 2 aromatic rings. The molecular weight excluding hydrogens is 291 g/mol. The highest BCUT2D eigenvalue weighted by Crippen LogP contribution is 2.14. The summed E-state index contributed by atoms with van der Waals surface area (Å²) in [5.41, 5.74) is 0. The zero-order chi connectivity index (χ0) is 15.2. The minimum Gasteiger partial charge on any atom is -0.491 e. The second-order valence-electron chi connectivity index (χ2n) is 4.96. The third-order valence-electron chi connectivity index (χ3n) is 2.87. The Morgan fingerprint density at radius 2 is 2.10 bits per heavy atom. The van der Waals surface area contributed by atoms with E-state index < -0.39 is 6.10 Å². The van der Waals surface area contributed by atoms with E-state index in [0.717, 1.165) is 11.6 Å². The van der Waals surface area contributed by atoms with Crippen LogP contribution in [0.1, 0.15) is 9.88 Å². The Kier molecular flexibility index (Phi) is 5.67. The molecule has 0 aliphatic rings. The summed E-state index contributed by atoms with van der Waals surface area (Å²) in [7, 11) is 1.94. The Morgan fingerprint density at radius 3 is 2.71 bits per heavy atom. The molecule has 0 aliphatic heterocycles. The number of hydrogen-bond donors (Lipinski definition) is 1. The van der Waals surface area contributed by atoms with Gasteiger partial charge in [-0.05, 0) is 38.2 Å². The smallest absolute Gasteiger partial charge is 0.123 e. The fraction of sp³-hybridized carbons (Fsp3) is 0.400. The Hall–Kier alpha value is -1.50. The van der Waals surface area contributed by atoms with E-state index in [-0.39, 0.29) is 12.4 Å². The lowest BCUT2D eigenvalue weighted by atomic mass is 10.3. The zero-order valence-electron chi connectivity index (χ0n) is 12.1. The summed E-state index contributed by atoms with van der Waals surface area (Å²) in [5.74, 6) is 0.249. The van der Waals surface area contributed by atoms with Gasteiger partial charge < -0.3 is 9.84 Å². The average molecular weight is 310 g/mol. The van der Waals surface area contributed by atoms with Crippen molar-refractivity contribution in [3.8, 4) is 5.75 Å². The second kappa shape index (κ2) is 7.49. The third-order valence-corrected chi connectivity index (χ3v) is 3.77. The van der Waals surface area contributed by atoms with Crippen molar-refractivity contribution in [2.75, 3.05) is 20.2 Å². The molecule has 1 unspecified atom stereocenters. The Balaban J connectivity index is 1.73. The first kappa shape index (κ1) is 15.9. The molecule has 21 heavy (non-hydrogen) atoms. The van der Waals surface area contributed by atoms with Crippen LogP contribution >= 0.6 is 11.3 Å². The van der Waals surface area contributed by atoms with Crippen LogP contribution in [0.3, 0.4) is 0 Å². The molecule has 0 saturated carbocycles. The molecule has 2 rings (SSSR count). The van der Waals surface area contributed by atoms with Gasteiger partial charge in [-0.2, -0.15) is 0 Å². The minimum atomic E-state index is -0.603. The summed E-state index contributed by atoms with van der Waals surface area (Å²) in [6, 6.07) is 5.76. The average Bonchev–Trinajstić information content (AvgIpc) is 2.83. The monoisotopic (exact) mass is 310 g/mol. The molecular formula is C15H19FN2O2S. The van der Waals surface area contributed by atoms with Gasteiger partial charge in [0.25, 0.3) is 0 Å². The summed E-state index contributed by atoms with van der Waals surface area (Å²) in [4.78, 5) is 7.39. The van der Waals surface area contributed by atoms with E-state index in [1.807, 2.05) is 25.1 Å². The lowest BCUT2D eigenvalue weighted by Crippen LogP contribution is -2.32.